The van der Waals surface area contributed by atoms with E-state index in [2.05, 4.69) is 15.6 Å². The summed E-state index contributed by atoms with van der Waals surface area (Å²) >= 11 is 0. The molecule has 106 valence electrons. The summed E-state index contributed by atoms with van der Waals surface area (Å²) in [4.78, 5) is 17.8. The minimum atomic E-state index is -0.623. The zero-order valence-corrected chi connectivity index (χ0v) is 11.8. The molecule has 0 saturated heterocycles. The molecule has 0 spiro atoms. The molecule has 0 aromatic carbocycles. The molecule has 1 unspecified atom stereocenters. The molecule has 1 aromatic heterocycles. The van der Waals surface area contributed by atoms with E-state index < -0.39 is 11.7 Å². The molecule has 2 N–H and O–H groups in total. The highest BCUT2D eigenvalue weighted by Gasteiger charge is 2.17. The average molecular weight is 268 g/mol. The number of aromatic nitrogens is 1. The second-order valence-electron chi connectivity index (χ2n) is 4.74. The van der Waals surface area contributed by atoms with Crippen molar-refractivity contribution in [3.8, 4) is 0 Å². The van der Waals surface area contributed by atoms with Crippen LogP contribution in [0.4, 0.5) is 10.2 Å². The summed E-state index contributed by atoms with van der Waals surface area (Å²) < 4.78 is 13.9. The Balaban J connectivity index is 2.68. The summed E-state index contributed by atoms with van der Waals surface area (Å²) in [5.41, 5.74) is 0.0102. The van der Waals surface area contributed by atoms with E-state index in [9.17, 15) is 9.18 Å². The second-order valence-corrected chi connectivity index (χ2v) is 4.74. The molecule has 0 radical (unpaired) electrons. The Morgan fingerprint density at radius 3 is 2.79 bits per heavy atom. The Hall–Kier alpha value is -1.69. The van der Waals surface area contributed by atoms with Gasteiger partial charge in [0.05, 0.1) is 5.56 Å². The fourth-order valence-electron chi connectivity index (χ4n) is 1.62. The lowest BCUT2D eigenvalue weighted by atomic mass is 10.2. The van der Waals surface area contributed by atoms with Crippen molar-refractivity contribution < 1.29 is 9.18 Å². The van der Waals surface area contributed by atoms with Gasteiger partial charge in [-0.3, -0.25) is 4.79 Å². The van der Waals surface area contributed by atoms with Gasteiger partial charge in [-0.05, 0) is 40.1 Å². The Morgan fingerprint density at radius 1 is 1.53 bits per heavy atom. The standard InChI is InChI=1S/C13H21FN4O/c1-9(6-8-18(3)4)17-13(19)10-5-7-16-12(15-2)11(10)14/h5,7,9H,6,8H2,1-4H3,(H,15,16)(H,17,19). The topological polar surface area (TPSA) is 57.3 Å². The van der Waals surface area contributed by atoms with Gasteiger partial charge >= 0.3 is 0 Å². The molecule has 1 atom stereocenters. The number of anilines is 1. The van der Waals surface area contributed by atoms with Crippen LogP contribution in [-0.2, 0) is 0 Å². The van der Waals surface area contributed by atoms with Crippen LogP contribution in [-0.4, -0.2) is 49.5 Å². The first kappa shape index (κ1) is 15.4. The molecule has 1 heterocycles. The lowest BCUT2D eigenvalue weighted by molar-refractivity contribution is 0.0932. The molecule has 6 heteroatoms. The minimum absolute atomic E-state index is 0.0102. The van der Waals surface area contributed by atoms with E-state index in [1.807, 2.05) is 25.9 Å². The summed E-state index contributed by atoms with van der Waals surface area (Å²) in [6.07, 6.45) is 2.22. The quantitative estimate of drug-likeness (QED) is 0.817. The third kappa shape index (κ3) is 4.48. The number of hydrogen-bond donors (Lipinski definition) is 2. The van der Waals surface area contributed by atoms with Crippen LogP contribution in [0.3, 0.4) is 0 Å². The number of halogens is 1. The van der Waals surface area contributed by atoms with Crippen molar-refractivity contribution in [2.45, 2.75) is 19.4 Å². The van der Waals surface area contributed by atoms with Crippen LogP contribution in [0, 0.1) is 5.82 Å². The van der Waals surface area contributed by atoms with Gasteiger partial charge in [-0.15, -0.1) is 0 Å². The number of hydrogen-bond acceptors (Lipinski definition) is 4. The minimum Gasteiger partial charge on any atom is -0.371 e. The normalized spacial score (nSPS) is 12.3. The van der Waals surface area contributed by atoms with E-state index in [0.717, 1.165) is 13.0 Å². The van der Waals surface area contributed by atoms with Gasteiger partial charge in [0, 0.05) is 19.3 Å². The zero-order chi connectivity index (χ0) is 14.4. The zero-order valence-electron chi connectivity index (χ0n) is 11.8. The Bertz CT molecular complexity index is 437. The number of carbonyl (C=O) groups excluding carboxylic acids is 1. The van der Waals surface area contributed by atoms with E-state index in [1.54, 1.807) is 7.05 Å². The van der Waals surface area contributed by atoms with Gasteiger partial charge in [0.15, 0.2) is 11.6 Å². The van der Waals surface area contributed by atoms with Crippen LogP contribution in [0.15, 0.2) is 12.3 Å². The number of carbonyl (C=O) groups is 1. The van der Waals surface area contributed by atoms with Crippen molar-refractivity contribution >= 4 is 11.7 Å². The number of nitrogens with zero attached hydrogens (tertiary/aromatic N) is 2. The second kappa shape index (κ2) is 7.04. The lowest BCUT2D eigenvalue weighted by Gasteiger charge is -2.17. The fourth-order valence-corrected chi connectivity index (χ4v) is 1.62. The molecular weight excluding hydrogens is 247 g/mol. The van der Waals surface area contributed by atoms with Gasteiger partial charge in [0.2, 0.25) is 0 Å². The van der Waals surface area contributed by atoms with E-state index in [-0.39, 0.29) is 17.4 Å². The first-order valence-electron chi connectivity index (χ1n) is 6.23. The first-order valence-corrected chi connectivity index (χ1v) is 6.23. The maximum Gasteiger partial charge on any atom is 0.254 e. The first-order chi connectivity index (χ1) is 8.95. The smallest absolute Gasteiger partial charge is 0.254 e. The number of amides is 1. The van der Waals surface area contributed by atoms with Gasteiger partial charge in [-0.25, -0.2) is 9.37 Å². The monoisotopic (exact) mass is 268 g/mol. The molecule has 19 heavy (non-hydrogen) atoms. The van der Waals surface area contributed by atoms with Gasteiger partial charge in [0.1, 0.15) is 0 Å². The molecule has 0 bridgehead atoms. The maximum atomic E-state index is 13.9. The maximum absolute atomic E-state index is 13.9. The average Bonchev–Trinajstić information content (AvgIpc) is 2.36. The van der Waals surface area contributed by atoms with Crippen molar-refractivity contribution in [1.29, 1.82) is 0 Å². The highest BCUT2D eigenvalue weighted by atomic mass is 19.1. The Kier molecular flexibility index (Phi) is 5.69. The number of nitrogens with one attached hydrogen (secondary N) is 2. The summed E-state index contributed by atoms with van der Waals surface area (Å²) in [6.45, 7) is 2.77. The van der Waals surface area contributed by atoms with Crippen LogP contribution in [0.5, 0.6) is 0 Å². The van der Waals surface area contributed by atoms with Crippen molar-refractivity contribution in [3.63, 3.8) is 0 Å². The molecular formula is C13H21FN4O. The van der Waals surface area contributed by atoms with Crippen molar-refractivity contribution in [1.82, 2.24) is 15.2 Å². The molecule has 0 fully saturated rings. The highest BCUT2D eigenvalue weighted by molar-refractivity contribution is 5.95. The van der Waals surface area contributed by atoms with Crippen LogP contribution >= 0.6 is 0 Å². The molecule has 1 amide bonds. The molecule has 0 saturated carbocycles. The predicted molar refractivity (Wildman–Crippen MR) is 73.8 cm³/mol. The van der Waals surface area contributed by atoms with Crippen molar-refractivity contribution in [3.05, 3.63) is 23.6 Å². The van der Waals surface area contributed by atoms with Gasteiger partial charge in [-0.1, -0.05) is 0 Å². The van der Waals surface area contributed by atoms with Gasteiger partial charge < -0.3 is 15.5 Å². The molecule has 0 aliphatic heterocycles. The Labute approximate surface area is 113 Å². The molecule has 0 aliphatic carbocycles. The largest absolute Gasteiger partial charge is 0.371 e. The number of pyridine rings is 1. The number of rotatable bonds is 6. The third-order valence-corrected chi connectivity index (χ3v) is 2.76. The van der Waals surface area contributed by atoms with Crippen LogP contribution < -0.4 is 10.6 Å². The summed E-state index contributed by atoms with van der Waals surface area (Å²) in [7, 11) is 5.50. The van der Waals surface area contributed by atoms with Gasteiger partial charge in [0.25, 0.3) is 5.91 Å². The van der Waals surface area contributed by atoms with Crippen LogP contribution in [0.1, 0.15) is 23.7 Å². The van der Waals surface area contributed by atoms with Crippen molar-refractivity contribution in [2.24, 2.45) is 0 Å². The molecule has 5 nitrogen and oxygen atoms in total. The molecule has 1 rings (SSSR count). The summed E-state index contributed by atoms with van der Waals surface area (Å²) in [6, 6.07) is 1.37. The summed E-state index contributed by atoms with van der Waals surface area (Å²) in [5.74, 6) is -0.960. The highest BCUT2D eigenvalue weighted by Crippen LogP contribution is 2.14. The molecule has 1 aromatic rings. The van der Waals surface area contributed by atoms with E-state index in [1.165, 1.54) is 12.3 Å². The Morgan fingerprint density at radius 2 is 2.21 bits per heavy atom. The van der Waals surface area contributed by atoms with Gasteiger partial charge in [-0.2, -0.15) is 0 Å². The summed E-state index contributed by atoms with van der Waals surface area (Å²) in [5, 5.41) is 5.39. The van der Waals surface area contributed by atoms with E-state index >= 15 is 0 Å². The third-order valence-electron chi connectivity index (χ3n) is 2.76. The van der Waals surface area contributed by atoms with E-state index in [0.29, 0.717) is 0 Å². The van der Waals surface area contributed by atoms with E-state index in [4.69, 9.17) is 0 Å². The van der Waals surface area contributed by atoms with Crippen LogP contribution in [0.2, 0.25) is 0 Å². The van der Waals surface area contributed by atoms with Crippen molar-refractivity contribution in [2.75, 3.05) is 33.0 Å². The predicted octanol–water partition coefficient (Wildman–Crippen LogP) is 1.33. The SMILES string of the molecule is CNc1nccc(C(=O)NC(C)CCN(C)C)c1F. The lowest BCUT2D eigenvalue weighted by Crippen LogP contribution is -2.35. The molecule has 0 aliphatic rings. The van der Waals surface area contributed by atoms with Crippen LogP contribution in [0.25, 0.3) is 0 Å². The fraction of sp³-hybridized carbons (Fsp3) is 0.538.